The van der Waals surface area contributed by atoms with Crippen LogP contribution in [0.5, 0.6) is 0 Å². The third-order valence-corrected chi connectivity index (χ3v) is 4.70. The number of nitrogens with zero attached hydrogens (tertiary/aromatic N) is 1. The van der Waals surface area contributed by atoms with Crippen molar-refractivity contribution in [1.29, 1.82) is 0 Å². The third kappa shape index (κ3) is 3.89. The van der Waals surface area contributed by atoms with E-state index in [9.17, 15) is 0 Å². The molecule has 1 aliphatic carbocycles. The zero-order chi connectivity index (χ0) is 15.2. The van der Waals surface area contributed by atoms with Crippen molar-refractivity contribution >= 4 is 17.3 Å². The molecule has 0 spiro atoms. The van der Waals surface area contributed by atoms with E-state index in [-0.39, 0.29) is 0 Å². The van der Waals surface area contributed by atoms with Crippen molar-refractivity contribution in [2.24, 2.45) is 4.99 Å². The standard InChI is InChI=1S/C18H23N3S/c1-2-19-18(21-12-15-8-9-22-13-15)20-11-14-6-7-16-4-3-5-17(16)10-14/h6-10,13H,2-5,11-12H2,1H3,(H2,19,20,21). The minimum Gasteiger partial charge on any atom is -0.357 e. The zero-order valence-corrected chi connectivity index (χ0v) is 13.9. The number of guanidine groups is 1. The minimum absolute atomic E-state index is 0.725. The van der Waals surface area contributed by atoms with Gasteiger partial charge in [0.15, 0.2) is 5.96 Å². The molecule has 0 radical (unpaired) electrons. The molecule has 4 heteroatoms. The topological polar surface area (TPSA) is 36.4 Å². The van der Waals surface area contributed by atoms with Crippen molar-refractivity contribution < 1.29 is 0 Å². The maximum absolute atomic E-state index is 4.64. The number of rotatable bonds is 5. The number of aliphatic imine (C=N–C) groups is 1. The van der Waals surface area contributed by atoms with Gasteiger partial charge in [0.2, 0.25) is 0 Å². The summed E-state index contributed by atoms with van der Waals surface area (Å²) in [6, 6.07) is 8.99. The lowest BCUT2D eigenvalue weighted by atomic mass is 10.1. The number of hydrogen-bond acceptors (Lipinski definition) is 2. The lowest BCUT2D eigenvalue weighted by Gasteiger charge is -2.12. The first-order valence-corrected chi connectivity index (χ1v) is 8.93. The first-order chi connectivity index (χ1) is 10.8. The smallest absolute Gasteiger partial charge is 0.191 e. The van der Waals surface area contributed by atoms with Crippen LogP contribution in [0.2, 0.25) is 0 Å². The Balaban J connectivity index is 1.60. The van der Waals surface area contributed by atoms with E-state index in [4.69, 9.17) is 0 Å². The fourth-order valence-corrected chi connectivity index (χ4v) is 3.48. The molecule has 2 N–H and O–H groups in total. The van der Waals surface area contributed by atoms with Gasteiger partial charge in [-0.15, -0.1) is 0 Å². The van der Waals surface area contributed by atoms with Gasteiger partial charge in [-0.2, -0.15) is 11.3 Å². The van der Waals surface area contributed by atoms with Gasteiger partial charge in [-0.25, -0.2) is 4.99 Å². The normalized spacial score (nSPS) is 14.0. The molecule has 0 aliphatic heterocycles. The molecule has 116 valence electrons. The monoisotopic (exact) mass is 313 g/mol. The number of aryl methyl sites for hydroxylation is 2. The van der Waals surface area contributed by atoms with E-state index in [1.807, 2.05) is 0 Å². The van der Waals surface area contributed by atoms with Crippen LogP contribution in [-0.4, -0.2) is 12.5 Å². The highest BCUT2D eigenvalue weighted by atomic mass is 32.1. The summed E-state index contributed by atoms with van der Waals surface area (Å²) in [5.41, 5.74) is 5.66. The van der Waals surface area contributed by atoms with E-state index in [0.29, 0.717) is 0 Å². The van der Waals surface area contributed by atoms with Crippen molar-refractivity contribution in [2.75, 3.05) is 6.54 Å². The van der Waals surface area contributed by atoms with Crippen molar-refractivity contribution in [2.45, 2.75) is 39.3 Å². The van der Waals surface area contributed by atoms with Gasteiger partial charge in [-0.3, -0.25) is 0 Å². The quantitative estimate of drug-likeness (QED) is 0.655. The van der Waals surface area contributed by atoms with Gasteiger partial charge in [0, 0.05) is 13.1 Å². The molecular formula is C18H23N3S. The molecule has 0 atom stereocenters. The predicted molar refractivity (Wildman–Crippen MR) is 94.4 cm³/mol. The summed E-state index contributed by atoms with van der Waals surface area (Å²) in [4.78, 5) is 4.64. The Morgan fingerprint density at radius 3 is 2.86 bits per heavy atom. The highest BCUT2D eigenvalue weighted by Gasteiger charge is 2.10. The summed E-state index contributed by atoms with van der Waals surface area (Å²) in [5.74, 6) is 0.884. The second kappa shape index (κ2) is 7.45. The van der Waals surface area contributed by atoms with Gasteiger partial charge in [-0.05, 0) is 65.3 Å². The van der Waals surface area contributed by atoms with Crippen LogP contribution in [0.15, 0.2) is 40.0 Å². The van der Waals surface area contributed by atoms with Crippen LogP contribution in [0, 0.1) is 0 Å². The fraction of sp³-hybridized carbons (Fsp3) is 0.389. The number of hydrogen-bond donors (Lipinski definition) is 2. The molecule has 3 nitrogen and oxygen atoms in total. The van der Waals surface area contributed by atoms with Crippen molar-refractivity contribution in [3.8, 4) is 0 Å². The number of thiophene rings is 1. The second-order valence-corrected chi connectivity index (χ2v) is 6.42. The Morgan fingerprint density at radius 2 is 2.05 bits per heavy atom. The largest absolute Gasteiger partial charge is 0.357 e. The Hall–Kier alpha value is -1.81. The minimum atomic E-state index is 0.725. The zero-order valence-electron chi connectivity index (χ0n) is 13.1. The predicted octanol–water partition coefficient (Wildman–Crippen LogP) is 3.49. The summed E-state index contributed by atoms with van der Waals surface area (Å²) >= 11 is 1.72. The highest BCUT2D eigenvalue weighted by molar-refractivity contribution is 7.07. The van der Waals surface area contributed by atoms with Crippen LogP contribution in [-0.2, 0) is 25.9 Å². The molecule has 0 saturated carbocycles. The van der Waals surface area contributed by atoms with Crippen LogP contribution in [0.4, 0.5) is 0 Å². The van der Waals surface area contributed by atoms with E-state index in [1.54, 1.807) is 11.3 Å². The van der Waals surface area contributed by atoms with Gasteiger partial charge >= 0.3 is 0 Å². The first kappa shape index (κ1) is 15.1. The fourth-order valence-electron chi connectivity index (χ4n) is 2.82. The van der Waals surface area contributed by atoms with Gasteiger partial charge in [0.25, 0.3) is 0 Å². The Morgan fingerprint density at radius 1 is 1.14 bits per heavy atom. The molecule has 0 fully saturated rings. The first-order valence-electron chi connectivity index (χ1n) is 7.99. The maximum atomic E-state index is 4.64. The SMILES string of the molecule is CCNC(=NCc1ccsc1)NCc1ccc2c(c1)CCC2. The van der Waals surface area contributed by atoms with E-state index in [1.165, 1.54) is 41.5 Å². The van der Waals surface area contributed by atoms with Crippen LogP contribution in [0.3, 0.4) is 0 Å². The van der Waals surface area contributed by atoms with Crippen molar-refractivity contribution in [3.05, 3.63) is 57.3 Å². The van der Waals surface area contributed by atoms with Gasteiger partial charge in [0.05, 0.1) is 6.54 Å². The lowest BCUT2D eigenvalue weighted by Crippen LogP contribution is -2.36. The van der Waals surface area contributed by atoms with E-state index < -0.39 is 0 Å². The number of nitrogens with one attached hydrogen (secondary N) is 2. The van der Waals surface area contributed by atoms with E-state index >= 15 is 0 Å². The number of benzene rings is 1. The van der Waals surface area contributed by atoms with Gasteiger partial charge in [0.1, 0.15) is 0 Å². The molecular weight excluding hydrogens is 290 g/mol. The molecule has 3 rings (SSSR count). The van der Waals surface area contributed by atoms with E-state index in [0.717, 1.165) is 25.6 Å². The molecule has 22 heavy (non-hydrogen) atoms. The Kier molecular flexibility index (Phi) is 5.11. The highest BCUT2D eigenvalue weighted by Crippen LogP contribution is 2.22. The molecule has 1 aromatic heterocycles. The Labute approximate surface area is 136 Å². The van der Waals surface area contributed by atoms with Crippen LogP contribution in [0.25, 0.3) is 0 Å². The van der Waals surface area contributed by atoms with E-state index in [2.05, 4.69) is 57.6 Å². The van der Waals surface area contributed by atoms with Crippen LogP contribution < -0.4 is 10.6 Å². The average Bonchev–Trinajstić information content (AvgIpc) is 3.20. The second-order valence-electron chi connectivity index (χ2n) is 5.64. The molecule has 0 bridgehead atoms. The summed E-state index contributed by atoms with van der Waals surface area (Å²) < 4.78 is 0. The molecule has 2 aromatic rings. The molecule has 1 heterocycles. The summed E-state index contributed by atoms with van der Waals surface area (Å²) in [6.07, 6.45) is 3.78. The Bertz CT molecular complexity index is 632. The summed E-state index contributed by atoms with van der Waals surface area (Å²) in [5, 5.41) is 11.0. The maximum Gasteiger partial charge on any atom is 0.191 e. The van der Waals surface area contributed by atoms with Crippen LogP contribution in [0.1, 0.15) is 35.6 Å². The molecule has 0 amide bonds. The number of fused-ring (bicyclic) bond motifs is 1. The molecule has 0 unspecified atom stereocenters. The van der Waals surface area contributed by atoms with Gasteiger partial charge < -0.3 is 10.6 Å². The molecule has 0 saturated heterocycles. The molecule has 1 aliphatic rings. The molecule has 1 aromatic carbocycles. The summed E-state index contributed by atoms with van der Waals surface area (Å²) in [6.45, 7) is 4.52. The van der Waals surface area contributed by atoms with Crippen molar-refractivity contribution in [1.82, 2.24) is 10.6 Å². The van der Waals surface area contributed by atoms with Crippen LogP contribution >= 0.6 is 11.3 Å². The van der Waals surface area contributed by atoms with Gasteiger partial charge in [-0.1, -0.05) is 18.2 Å². The van der Waals surface area contributed by atoms with Crippen molar-refractivity contribution in [3.63, 3.8) is 0 Å². The lowest BCUT2D eigenvalue weighted by molar-refractivity contribution is 0.815. The third-order valence-electron chi connectivity index (χ3n) is 3.97. The average molecular weight is 313 g/mol. The summed E-state index contributed by atoms with van der Waals surface area (Å²) in [7, 11) is 0.